The number of hydrogen-bond donors (Lipinski definition) is 1. The summed E-state index contributed by atoms with van der Waals surface area (Å²) in [6.45, 7) is 3.36. The van der Waals surface area contributed by atoms with Gasteiger partial charge in [-0.25, -0.2) is 0 Å². The summed E-state index contributed by atoms with van der Waals surface area (Å²) in [5.74, 6) is -0.186. The summed E-state index contributed by atoms with van der Waals surface area (Å²) < 4.78 is 11.6. The van der Waals surface area contributed by atoms with Crippen molar-refractivity contribution in [1.82, 2.24) is 4.90 Å². The Kier molecular flexibility index (Phi) is 8.79. The van der Waals surface area contributed by atoms with Crippen molar-refractivity contribution >= 4 is 17.4 Å². The molecular formula is C35H33NO5. The van der Waals surface area contributed by atoms with Crippen LogP contribution in [0.5, 0.6) is 11.5 Å². The van der Waals surface area contributed by atoms with Crippen LogP contribution in [0.25, 0.3) is 5.76 Å². The average molecular weight is 548 g/mol. The third kappa shape index (κ3) is 6.49. The van der Waals surface area contributed by atoms with Gasteiger partial charge in [-0.2, -0.15) is 0 Å². The zero-order chi connectivity index (χ0) is 28.6. The second-order valence-electron chi connectivity index (χ2n) is 9.94. The Morgan fingerprint density at radius 2 is 1.34 bits per heavy atom. The molecule has 1 atom stereocenters. The summed E-state index contributed by atoms with van der Waals surface area (Å²) in [7, 11) is 0. The predicted octanol–water partition coefficient (Wildman–Crippen LogP) is 6.72. The highest BCUT2D eigenvalue weighted by Crippen LogP contribution is 2.40. The van der Waals surface area contributed by atoms with Gasteiger partial charge in [0.25, 0.3) is 11.7 Å². The molecule has 1 amide bonds. The van der Waals surface area contributed by atoms with Crippen molar-refractivity contribution in [1.29, 1.82) is 0 Å². The number of carbonyl (C=O) groups excluding carboxylic acids is 2. The van der Waals surface area contributed by atoms with E-state index in [4.69, 9.17) is 9.47 Å². The van der Waals surface area contributed by atoms with Gasteiger partial charge >= 0.3 is 0 Å². The minimum Gasteiger partial charge on any atom is -0.507 e. The van der Waals surface area contributed by atoms with Crippen molar-refractivity contribution in [2.75, 3.05) is 13.2 Å². The van der Waals surface area contributed by atoms with Crippen LogP contribution < -0.4 is 9.47 Å². The number of amides is 1. The molecule has 0 radical (unpaired) electrons. The lowest BCUT2D eigenvalue weighted by Gasteiger charge is -2.25. The Hall–Kier alpha value is -4.84. The van der Waals surface area contributed by atoms with Gasteiger partial charge in [-0.3, -0.25) is 9.59 Å². The number of ketones is 1. The first-order valence-electron chi connectivity index (χ1n) is 13.9. The number of benzene rings is 4. The molecule has 1 saturated heterocycles. The zero-order valence-corrected chi connectivity index (χ0v) is 23.0. The quantitative estimate of drug-likeness (QED) is 0.128. The topological polar surface area (TPSA) is 76.1 Å². The second kappa shape index (κ2) is 13.0. The maximum absolute atomic E-state index is 13.4. The van der Waals surface area contributed by atoms with Crippen molar-refractivity contribution in [2.24, 2.45) is 0 Å². The van der Waals surface area contributed by atoms with Crippen LogP contribution in [0.2, 0.25) is 0 Å². The van der Waals surface area contributed by atoms with E-state index in [1.54, 1.807) is 29.2 Å². The Morgan fingerprint density at radius 1 is 0.756 bits per heavy atom. The van der Waals surface area contributed by atoms with Crippen molar-refractivity contribution in [3.8, 4) is 11.5 Å². The van der Waals surface area contributed by atoms with Crippen LogP contribution in [0.4, 0.5) is 0 Å². The van der Waals surface area contributed by atoms with Gasteiger partial charge in [0.05, 0.1) is 18.2 Å². The molecule has 1 heterocycles. The van der Waals surface area contributed by atoms with Gasteiger partial charge in [0.2, 0.25) is 0 Å². The van der Waals surface area contributed by atoms with E-state index in [2.05, 4.69) is 0 Å². The fourth-order valence-corrected chi connectivity index (χ4v) is 4.92. The van der Waals surface area contributed by atoms with E-state index in [1.165, 1.54) is 0 Å². The highest BCUT2D eigenvalue weighted by atomic mass is 16.5. The van der Waals surface area contributed by atoms with Crippen LogP contribution in [-0.4, -0.2) is 34.8 Å². The first kappa shape index (κ1) is 27.7. The summed E-state index contributed by atoms with van der Waals surface area (Å²) >= 11 is 0. The number of nitrogens with zero attached hydrogens (tertiary/aromatic N) is 1. The zero-order valence-electron chi connectivity index (χ0n) is 23.0. The van der Waals surface area contributed by atoms with Crippen molar-refractivity contribution < 1.29 is 24.2 Å². The van der Waals surface area contributed by atoms with Gasteiger partial charge in [0.1, 0.15) is 23.9 Å². The highest BCUT2D eigenvalue weighted by molar-refractivity contribution is 6.46. The fraction of sp³-hybridized carbons (Fsp3) is 0.200. The van der Waals surface area contributed by atoms with Crippen molar-refractivity contribution in [3.63, 3.8) is 0 Å². The summed E-state index contributed by atoms with van der Waals surface area (Å²) in [6, 6.07) is 33.2. The molecule has 1 unspecified atom stereocenters. The summed E-state index contributed by atoms with van der Waals surface area (Å²) in [6.07, 6.45) is 1.45. The number of hydrogen-bond acceptors (Lipinski definition) is 5. The standard InChI is InChI=1S/C35H33NO5/c1-2-23-40-29-19-15-28(16-20-29)33(37)31-32(36(35(39)34(31)38)22-21-25-9-5-3-6-10-25)27-13-17-30(18-14-27)41-24-26-11-7-4-8-12-26/h3-20,32,37H,2,21-24H2,1H3/b33-31+. The smallest absolute Gasteiger partial charge is 0.295 e. The molecule has 0 aromatic heterocycles. The van der Waals surface area contributed by atoms with E-state index in [0.717, 1.165) is 17.5 Å². The molecule has 4 aromatic rings. The van der Waals surface area contributed by atoms with Gasteiger partial charge < -0.3 is 19.5 Å². The first-order chi connectivity index (χ1) is 20.0. The largest absolute Gasteiger partial charge is 0.507 e. The molecular weight excluding hydrogens is 514 g/mol. The van der Waals surface area contributed by atoms with Crippen LogP contribution in [0, 0.1) is 0 Å². The lowest BCUT2D eigenvalue weighted by Crippen LogP contribution is -2.31. The van der Waals surface area contributed by atoms with Gasteiger partial charge in [0, 0.05) is 12.1 Å². The number of carbonyl (C=O) groups is 2. The molecule has 5 rings (SSSR count). The number of ether oxygens (including phenoxy) is 2. The Morgan fingerprint density at radius 3 is 1.98 bits per heavy atom. The van der Waals surface area contributed by atoms with Gasteiger partial charge in [0.15, 0.2) is 0 Å². The monoisotopic (exact) mass is 547 g/mol. The molecule has 0 spiro atoms. The minimum absolute atomic E-state index is 0.0724. The molecule has 208 valence electrons. The molecule has 1 fully saturated rings. The SMILES string of the molecule is CCCOc1ccc(/C(O)=C2\C(=O)C(=O)N(CCc3ccccc3)C2c2ccc(OCc3ccccc3)cc2)cc1. The number of Topliss-reactive ketones (excluding diaryl/α,β-unsaturated/α-hetero) is 1. The Bertz CT molecular complexity index is 1500. The molecule has 1 N–H and O–H groups in total. The number of aliphatic hydroxyl groups is 1. The van der Waals surface area contributed by atoms with Crippen LogP contribution in [0.3, 0.4) is 0 Å². The number of aliphatic hydroxyl groups excluding tert-OH is 1. The van der Waals surface area contributed by atoms with E-state index in [0.29, 0.717) is 48.8 Å². The van der Waals surface area contributed by atoms with Gasteiger partial charge in [-0.1, -0.05) is 79.7 Å². The molecule has 0 aliphatic carbocycles. The molecule has 1 aliphatic heterocycles. The summed E-state index contributed by atoms with van der Waals surface area (Å²) in [5, 5.41) is 11.4. The van der Waals surface area contributed by atoms with E-state index in [9.17, 15) is 14.7 Å². The summed E-state index contributed by atoms with van der Waals surface area (Å²) in [4.78, 5) is 28.3. The molecule has 0 saturated carbocycles. The van der Waals surface area contributed by atoms with Crippen LogP contribution in [0.1, 0.15) is 41.6 Å². The number of likely N-dealkylation sites (tertiary alicyclic amines) is 1. The summed E-state index contributed by atoms with van der Waals surface area (Å²) in [5.41, 5.74) is 3.34. The van der Waals surface area contributed by atoms with E-state index >= 15 is 0 Å². The Labute approximate surface area is 240 Å². The van der Waals surface area contributed by atoms with Crippen LogP contribution >= 0.6 is 0 Å². The van der Waals surface area contributed by atoms with E-state index in [-0.39, 0.29) is 11.3 Å². The third-order valence-electron chi connectivity index (χ3n) is 7.07. The van der Waals surface area contributed by atoms with Crippen LogP contribution in [0.15, 0.2) is 115 Å². The Balaban J connectivity index is 1.46. The van der Waals surface area contributed by atoms with Crippen molar-refractivity contribution in [2.45, 2.75) is 32.4 Å². The molecule has 0 bridgehead atoms. The molecule has 4 aromatic carbocycles. The minimum atomic E-state index is -0.738. The third-order valence-corrected chi connectivity index (χ3v) is 7.07. The van der Waals surface area contributed by atoms with Crippen molar-refractivity contribution in [3.05, 3.63) is 137 Å². The highest BCUT2D eigenvalue weighted by Gasteiger charge is 2.45. The maximum atomic E-state index is 13.4. The normalized spacial score (nSPS) is 16.1. The molecule has 6 heteroatoms. The fourth-order valence-electron chi connectivity index (χ4n) is 4.92. The molecule has 1 aliphatic rings. The maximum Gasteiger partial charge on any atom is 0.295 e. The second-order valence-corrected chi connectivity index (χ2v) is 9.94. The van der Waals surface area contributed by atoms with Gasteiger partial charge in [-0.05, 0) is 65.9 Å². The lowest BCUT2D eigenvalue weighted by atomic mass is 9.95. The number of rotatable bonds is 11. The van der Waals surface area contributed by atoms with E-state index in [1.807, 2.05) is 91.9 Å². The molecule has 41 heavy (non-hydrogen) atoms. The van der Waals surface area contributed by atoms with Gasteiger partial charge in [-0.15, -0.1) is 0 Å². The average Bonchev–Trinajstić information content (AvgIpc) is 3.28. The molecule has 6 nitrogen and oxygen atoms in total. The lowest BCUT2D eigenvalue weighted by molar-refractivity contribution is -0.139. The predicted molar refractivity (Wildman–Crippen MR) is 159 cm³/mol. The van der Waals surface area contributed by atoms with E-state index < -0.39 is 17.7 Å². The first-order valence-corrected chi connectivity index (χ1v) is 13.9. The van der Waals surface area contributed by atoms with Crippen LogP contribution in [-0.2, 0) is 22.6 Å².